The summed E-state index contributed by atoms with van der Waals surface area (Å²) in [5, 5.41) is 9.07. The molecule has 3 rings (SSSR count). The van der Waals surface area contributed by atoms with Gasteiger partial charge in [-0.1, -0.05) is 6.07 Å². The van der Waals surface area contributed by atoms with Gasteiger partial charge in [-0.3, -0.25) is 9.98 Å². The maximum atomic E-state index is 9.07. The predicted octanol–water partition coefficient (Wildman–Crippen LogP) is 3.36. The lowest BCUT2D eigenvalue weighted by Crippen LogP contribution is -1.96. The van der Waals surface area contributed by atoms with Gasteiger partial charge in [0.05, 0.1) is 29.2 Å². The predicted molar refractivity (Wildman–Crippen MR) is 90.6 cm³/mol. The van der Waals surface area contributed by atoms with Crippen molar-refractivity contribution >= 4 is 11.7 Å². The Morgan fingerprint density at radius 3 is 3.04 bits per heavy atom. The molecule has 24 heavy (non-hydrogen) atoms. The fraction of sp³-hybridized carbons (Fsp3) is 0.0556. The Kier molecular flexibility index (Phi) is 4.85. The maximum Gasteiger partial charge on any atom is 0.114 e. The Balaban J connectivity index is 2.31. The lowest BCUT2D eigenvalue weighted by atomic mass is 10.3. The molecule has 3 heterocycles. The zero-order valence-electron chi connectivity index (χ0n) is 12.9. The van der Waals surface area contributed by atoms with E-state index in [0.29, 0.717) is 12.2 Å². The van der Waals surface area contributed by atoms with Gasteiger partial charge in [-0.15, -0.1) is 0 Å². The molecule has 0 bridgehead atoms. The fourth-order valence-electron chi connectivity index (χ4n) is 2.10. The van der Waals surface area contributed by atoms with Crippen LogP contribution in [-0.4, -0.2) is 20.2 Å². The van der Waals surface area contributed by atoms with Crippen LogP contribution in [0.2, 0.25) is 0 Å². The summed E-state index contributed by atoms with van der Waals surface area (Å²) in [6.45, 7) is 0.560. The molecule has 2 aromatic rings. The molecule has 0 amide bonds. The SMILES string of the molecule is N#Cc1ccccn2c(cn3ccncc3cccoc1)C=NC2. The lowest BCUT2D eigenvalue weighted by Gasteiger charge is -1.99. The van der Waals surface area contributed by atoms with Gasteiger partial charge in [0.2, 0.25) is 0 Å². The van der Waals surface area contributed by atoms with Gasteiger partial charge in [0, 0.05) is 31.0 Å². The van der Waals surface area contributed by atoms with Gasteiger partial charge >= 0.3 is 0 Å². The fourth-order valence-corrected chi connectivity index (χ4v) is 2.10. The third-order valence-corrected chi connectivity index (χ3v) is 3.28. The van der Waals surface area contributed by atoms with Crippen LogP contribution >= 0.6 is 0 Å². The van der Waals surface area contributed by atoms with E-state index in [1.807, 2.05) is 45.9 Å². The minimum Gasteiger partial charge on any atom is -0.471 e. The zero-order chi connectivity index (χ0) is 16.6. The first-order valence-electron chi connectivity index (χ1n) is 7.31. The molecule has 0 spiro atoms. The van der Waals surface area contributed by atoms with Crippen LogP contribution in [0.5, 0.6) is 0 Å². The highest BCUT2D eigenvalue weighted by atomic mass is 16.3. The average molecular weight is 317 g/mol. The van der Waals surface area contributed by atoms with E-state index >= 15 is 0 Å². The first kappa shape index (κ1) is 15.3. The van der Waals surface area contributed by atoms with E-state index in [4.69, 9.17) is 9.68 Å². The van der Waals surface area contributed by atoms with Gasteiger partial charge in [0.15, 0.2) is 0 Å². The molecular formula is C18H15N5O. The number of rotatable bonds is 0. The molecule has 2 aromatic heterocycles. The second kappa shape index (κ2) is 7.61. The van der Waals surface area contributed by atoms with Crippen molar-refractivity contribution in [1.82, 2.24) is 14.0 Å². The van der Waals surface area contributed by atoms with Gasteiger partial charge < -0.3 is 13.4 Å². The van der Waals surface area contributed by atoms with Crippen LogP contribution in [0.25, 0.3) is 5.52 Å². The average Bonchev–Trinajstić information content (AvgIpc) is 3.04. The first-order valence-corrected chi connectivity index (χ1v) is 7.31. The van der Waals surface area contributed by atoms with Crippen molar-refractivity contribution < 1.29 is 4.42 Å². The first-order chi connectivity index (χ1) is 11.9. The van der Waals surface area contributed by atoms with Crippen molar-refractivity contribution in [3.05, 3.63) is 85.1 Å². The third-order valence-electron chi connectivity index (χ3n) is 3.28. The molecule has 0 aromatic carbocycles. The highest BCUT2D eigenvalue weighted by Crippen LogP contribution is 2.03. The van der Waals surface area contributed by atoms with Crippen molar-refractivity contribution in [1.29, 1.82) is 5.26 Å². The van der Waals surface area contributed by atoms with E-state index in [1.54, 1.807) is 30.6 Å². The summed E-state index contributed by atoms with van der Waals surface area (Å²) in [4.78, 5) is 8.44. The highest BCUT2D eigenvalue weighted by Gasteiger charge is 1.99. The van der Waals surface area contributed by atoms with Gasteiger partial charge in [0.1, 0.15) is 19.0 Å². The van der Waals surface area contributed by atoms with Crippen molar-refractivity contribution in [2.45, 2.75) is 6.67 Å². The van der Waals surface area contributed by atoms with E-state index in [1.165, 1.54) is 12.5 Å². The Bertz CT molecular complexity index is 970. The number of nitrogens with zero attached hydrogens (tertiary/aromatic N) is 5. The number of aromatic nitrogens is 3. The largest absolute Gasteiger partial charge is 0.471 e. The standard InChI is InChI=1S/C18H15N5O/c19-10-16-4-1-2-7-23-15-21-12-18(23)13-22-8-6-20-11-17(22)5-3-9-24-14-16/h1-9,11-14H,15H2. The molecule has 1 aliphatic heterocycles. The van der Waals surface area contributed by atoms with Gasteiger partial charge in [0.25, 0.3) is 0 Å². The molecule has 0 N–H and O–H groups in total. The lowest BCUT2D eigenvalue weighted by molar-refractivity contribution is 0.552. The summed E-state index contributed by atoms with van der Waals surface area (Å²) in [7, 11) is 0. The van der Waals surface area contributed by atoms with Crippen LogP contribution < -0.4 is 0 Å². The van der Waals surface area contributed by atoms with Gasteiger partial charge in [-0.05, 0) is 24.3 Å². The summed E-state index contributed by atoms with van der Waals surface area (Å²) in [5.74, 6) is 0. The van der Waals surface area contributed by atoms with Gasteiger partial charge in [-0.25, -0.2) is 0 Å². The molecule has 0 fully saturated rings. The van der Waals surface area contributed by atoms with Crippen molar-refractivity contribution in [3.63, 3.8) is 0 Å². The quantitative estimate of drug-likeness (QED) is 0.748. The van der Waals surface area contributed by atoms with Crippen LogP contribution in [-0.2, 0) is 6.67 Å². The van der Waals surface area contributed by atoms with Crippen molar-refractivity contribution in [3.8, 4) is 6.07 Å². The van der Waals surface area contributed by atoms with E-state index in [-0.39, 0.29) is 0 Å². The summed E-state index contributed by atoms with van der Waals surface area (Å²) in [6.07, 6.45) is 14.0. The van der Waals surface area contributed by atoms with E-state index < -0.39 is 0 Å². The van der Waals surface area contributed by atoms with Crippen molar-refractivity contribution in [2.75, 3.05) is 0 Å². The maximum absolute atomic E-state index is 9.07. The third kappa shape index (κ3) is 3.78. The van der Waals surface area contributed by atoms with Crippen molar-refractivity contribution in [2.24, 2.45) is 4.99 Å². The Morgan fingerprint density at radius 2 is 2.12 bits per heavy atom. The monoisotopic (exact) mass is 317 g/mol. The number of hydrogen-bond donors (Lipinski definition) is 0. The van der Waals surface area contributed by atoms with Crippen LogP contribution in [0.15, 0.2) is 83.3 Å². The molecule has 0 saturated heterocycles. The molecule has 6 nitrogen and oxygen atoms in total. The number of fused-ring (bicyclic) bond motifs is 2. The topological polar surface area (TPSA) is 71.5 Å². The molecule has 0 saturated carbocycles. The minimum atomic E-state index is 0.420. The smallest absolute Gasteiger partial charge is 0.114 e. The van der Waals surface area contributed by atoms with Crippen LogP contribution in [0.1, 0.15) is 11.3 Å². The Morgan fingerprint density at radius 1 is 1.17 bits per heavy atom. The summed E-state index contributed by atoms with van der Waals surface area (Å²) in [6, 6.07) is 11.0. The molecule has 0 unspecified atom stereocenters. The van der Waals surface area contributed by atoms with Gasteiger partial charge in [-0.2, -0.15) is 5.26 Å². The van der Waals surface area contributed by atoms with Crippen LogP contribution in [0.3, 0.4) is 0 Å². The van der Waals surface area contributed by atoms with E-state index in [2.05, 4.69) is 16.0 Å². The van der Waals surface area contributed by atoms with Crippen LogP contribution in [0, 0.1) is 11.3 Å². The number of nitriles is 1. The molecule has 6 heteroatoms. The second-order valence-electron chi connectivity index (χ2n) is 4.90. The van der Waals surface area contributed by atoms with E-state index in [9.17, 15) is 0 Å². The number of hydrogen-bond acceptors (Lipinski definition) is 4. The molecule has 0 radical (unpaired) electrons. The van der Waals surface area contributed by atoms with Crippen LogP contribution in [0.4, 0.5) is 0 Å². The molecule has 118 valence electrons. The minimum absolute atomic E-state index is 0.420. The molecule has 1 aliphatic rings. The summed E-state index contributed by atoms with van der Waals surface area (Å²) < 4.78 is 9.21. The number of aliphatic imine (C=N–C) groups is 1. The zero-order valence-corrected chi connectivity index (χ0v) is 12.9. The highest BCUT2D eigenvalue weighted by molar-refractivity contribution is 5.78. The Hall–Kier alpha value is -3.59. The molecular weight excluding hydrogens is 302 g/mol. The molecule has 0 aliphatic carbocycles. The Labute approximate surface area is 138 Å². The van der Waals surface area contributed by atoms with E-state index in [0.717, 1.165) is 11.2 Å². The normalized spacial score (nSPS) is 11.0. The molecule has 0 atom stereocenters. The summed E-state index contributed by atoms with van der Waals surface area (Å²) in [5.41, 5.74) is 2.26. The summed E-state index contributed by atoms with van der Waals surface area (Å²) >= 11 is 0. The second-order valence-corrected chi connectivity index (χ2v) is 4.90.